The predicted molar refractivity (Wildman–Crippen MR) is 87.2 cm³/mol. The molecular formula is C17H18FNO4S. The van der Waals surface area contributed by atoms with Crippen molar-refractivity contribution in [2.45, 2.75) is 17.7 Å². The first-order chi connectivity index (χ1) is 11.4. The van der Waals surface area contributed by atoms with Gasteiger partial charge >= 0.3 is 0 Å². The summed E-state index contributed by atoms with van der Waals surface area (Å²) in [4.78, 5) is -0.221. The third kappa shape index (κ3) is 3.52. The van der Waals surface area contributed by atoms with Gasteiger partial charge in [0.05, 0.1) is 18.6 Å². The highest BCUT2D eigenvalue weighted by atomic mass is 32.2. The molecule has 1 atom stereocenters. The monoisotopic (exact) mass is 351 g/mol. The van der Waals surface area contributed by atoms with Crippen LogP contribution >= 0.6 is 0 Å². The fourth-order valence-corrected chi connectivity index (χ4v) is 3.38. The maximum atomic E-state index is 14.2. The summed E-state index contributed by atoms with van der Waals surface area (Å²) in [7, 11) is -2.30. The van der Waals surface area contributed by atoms with Crippen LogP contribution in [-0.2, 0) is 22.9 Å². The molecule has 1 heterocycles. The highest BCUT2D eigenvalue weighted by Gasteiger charge is 2.22. The first-order valence-electron chi connectivity index (χ1n) is 7.48. The third-order valence-electron chi connectivity index (χ3n) is 4.12. The second-order valence-electron chi connectivity index (χ2n) is 5.86. The van der Waals surface area contributed by atoms with E-state index in [4.69, 9.17) is 14.6 Å². The van der Waals surface area contributed by atoms with E-state index in [9.17, 15) is 12.8 Å². The van der Waals surface area contributed by atoms with Crippen LogP contribution in [0.5, 0.6) is 11.5 Å². The summed E-state index contributed by atoms with van der Waals surface area (Å²) in [5.41, 5.74) is 1.50. The molecule has 128 valence electrons. The molecule has 0 saturated carbocycles. The van der Waals surface area contributed by atoms with Crippen molar-refractivity contribution in [2.75, 3.05) is 13.7 Å². The highest BCUT2D eigenvalue weighted by Crippen LogP contribution is 2.32. The molecule has 0 aromatic heterocycles. The molecule has 0 radical (unpaired) electrons. The molecule has 2 aromatic carbocycles. The Morgan fingerprint density at radius 2 is 2.08 bits per heavy atom. The van der Waals surface area contributed by atoms with Gasteiger partial charge in [0.25, 0.3) is 0 Å². The lowest BCUT2D eigenvalue weighted by Gasteiger charge is -2.26. The molecule has 24 heavy (non-hydrogen) atoms. The standard InChI is InChI=1S/C17H18FNO4S/c1-22-14-4-2-13-7-11(10-23-17(13)8-14)6-12-3-5-15(9-16(12)18)24(19,20)21/h2-5,8-9,11H,6-7,10H2,1H3,(H2,19,20,21)/t11-/m0/s1. The van der Waals surface area contributed by atoms with Crippen LogP contribution in [-0.4, -0.2) is 22.1 Å². The summed E-state index contributed by atoms with van der Waals surface area (Å²) < 4.78 is 47.6. The smallest absolute Gasteiger partial charge is 0.238 e. The van der Waals surface area contributed by atoms with Crippen molar-refractivity contribution in [3.8, 4) is 11.5 Å². The van der Waals surface area contributed by atoms with Gasteiger partial charge in [-0.3, -0.25) is 0 Å². The fourth-order valence-electron chi connectivity index (χ4n) is 2.86. The number of rotatable bonds is 4. The molecule has 1 aliphatic rings. The van der Waals surface area contributed by atoms with E-state index in [0.717, 1.165) is 29.5 Å². The summed E-state index contributed by atoms with van der Waals surface area (Å²) in [6.07, 6.45) is 1.22. The van der Waals surface area contributed by atoms with E-state index >= 15 is 0 Å². The minimum atomic E-state index is -3.90. The van der Waals surface area contributed by atoms with Crippen molar-refractivity contribution in [1.29, 1.82) is 0 Å². The van der Waals surface area contributed by atoms with Gasteiger partial charge in [0, 0.05) is 12.0 Å². The third-order valence-corrected chi connectivity index (χ3v) is 5.03. The summed E-state index contributed by atoms with van der Waals surface area (Å²) in [6.45, 7) is 0.469. The number of hydrogen-bond donors (Lipinski definition) is 1. The van der Waals surface area contributed by atoms with E-state index in [2.05, 4.69) is 0 Å². The highest BCUT2D eigenvalue weighted by molar-refractivity contribution is 7.89. The van der Waals surface area contributed by atoms with Gasteiger partial charge in [0.1, 0.15) is 17.3 Å². The molecule has 0 spiro atoms. The largest absolute Gasteiger partial charge is 0.497 e. The Morgan fingerprint density at radius 3 is 2.75 bits per heavy atom. The van der Waals surface area contributed by atoms with Gasteiger partial charge in [-0.25, -0.2) is 17.9 Å². The van der Waals surface area contributed by atoms with Crippen molar-refractivity contribution < 1.29 is 22.3 Å². The number of sulfonamides is 1. The lowest BCUT2D eigenvalue weighted by Crippen LogP contribution is -2.23. The molecule has 7 heteroatoms. The Labute approximate surface area is 140 Å². The van der Waals surface area contributed by atoms with Crippen LogP contribution in [0.4, 0.5) is 4.39 Å². The molecule has 5 nitrogen and oxygen atoms in total. The van der Waals surface area contributed by atoms with Gasteiger partial charge in [0.15, 0.2) is 0 Å². The Hall–Kier alpha value is -2.12. The molecule has 0 fully saturated rings. The summed E-state index contributed by atoms with van der Waals surface area (Å²) in [6, 6.07) is 9.42. The Morgan fingerprint density at radius 1 is 1.29 bits per heavy atom. The minimum Gasteiger partial charge on any atom is -0.497 e. The number of nitrogens with two attached hydrogens (primary N) is 1. The number of fused-ring (bicyclic) bond motifs is 1. The topological polar surface area (TPSA) is 78.6 Å². The van der Waals surface area contributed by atoms with Crippen LogP contribution < -0.4 is 14.6 Å². The molecule has 2 aromatic rings. The zero-order valence-electron chi connectivity index (χ0n) is 13.2. The van der Waals surface area contributed by atoms with Gasteiger partial charge in [-0.15, -0.1) is 0 Å². The molecule has 0 aliphatic carbocycles. The summed E-state index contributed by atoms with van der Waals surface area (Å²) in [5, 5.41) is 5.01. The molecule has 2 N–H and O–H groups in total. The zero-order valence-corrected chi connectivity index (χ0v) is 14.0. The predicted octanol–water partition coefficient (Wildman–Crippen LogP) is 2.28. The number of halogens is 1. The Bertz CT molecular complexity index is 867. The van der Waals surface area contributed by atoms with Crippen LogP contribution in [0.25, 0.3) is 0 Å². The summed E-state index contributed by atoms with van der Waals surface area (Å²) >= 11 is 0. The Balaban J connectivity index is 1.75. The SMILES string of the molecule is COc1ccc2c(c1)OC[C@@H](Cc1ccc(S(N)(=O)=O)cc1F)C2. The van der Waals surface area contributed by atoms with Crippen LogP contribution in [0.3, 0.4) is 0 Å². The maximum Gasteiger partial charge on any atom is 0.238 e. The average molecular weight is 351 g/mol. The van der Waals surface area contributed by atoms with Crippen LogP contribution in [0, 0.1) is 11.7 Å². The molecule has 0 saturated heterocycles. The molecule has 3 rings (SSSR count). The number of primary sulfonamides is 1. The maximum absolute atomic E-state index is 14.2. The lowest BCUT2D eigenvalue weighted by molar-refractivity contribution is 0.219. The van der Waals surface area contributed by atoms with Crippen molar-refractivity contribution in [1.82, 2.24) is 0 Å². The zero-order chi connectivity index (χ0) is 17.3. The van der Waals surface area contributed by atoms with E-state index in [1.165, 1.54) is 12.1 Å². The van der Waals surface area contributed by atoms with Crippen molar-refractivity contribution in [3.63, 3.8) is 0 Å². The quantitative estimate of drug-likeness (QED) is 0.917. The van der Waals surface area contributed by atoms with Crippen LogP contribution in [0.15, 0.2) is 41.3 Å². The van der Waals surface area contributed by atoms with Gasteiger partial charge in [-0.05, 0) is 42.2 Å². The number of ether oxygens (including phenoxy) is 2. The van der Waals surface area contributed by atoms with Crippen molar-refractivity contribution >= 4 is 10.0 Å². The molecule has 0 bridgehead atoms. The molecule has 0 amide bonds. The number of methoxy groups -OCH3 is 1. The van der Waals surface area contributed by atoms with Gasteiger partial charge in [-0.1, -0.05) is 12.1 Å². The van der Waals surface area contributed by atoms with E-state index in [1.54, 1.807) is 7.11 Å². The Kier molecular flexibility index (Phi) is 4.47. The average Bonchev–Trinajstić information content (AvgIpc) is 2.55. The van der Waals surface area contributed by atoms with Crippen molar-refractivity contribution in [3.05, 3.63) is 53.3 Å². The second kappa shape index (κ2) is 6.41. The molecular weight excluding hydrogens is 333 g/mol. The first-order valence-corrected chi connectivity index (χ1v) is 9.02. The van der Waals surface area contributed by atoms with Crippen LogP contribution in [0.2, 0.25) is 0 Å². The van der Waals surface area contributed by atoms with Gasteiger partial charge in [0.2, 0.25) is 10.0 Å². The van der Waals surface area contributed by atoms with Crippen LogP contribution in [0.1, 0.15) is 11.1 Å². The van der Waals surface area contributed by atoms with Gasteiger partial charge in [-0.2, -0.15) is 0 Å². The first kappa shape index (κ1) is 16.7. The summed E-state index contributed by atoms with van der Waals surface area (Å²) in [5.74, 6) is 1.07. The van der Waals surface area contributed by atoms with E-state index in [0.29, 0.717) is 18.6 Å². The molecule has 0 unspecified atom stereocenters. The van der Waals surface area contributed by atoms with E-state index in [1.807, 2.05) is 18.2 Å². The van der Waals surface area contributed by atoms with E-state index < -0.39 is 15.8 Å². The number of benzene rings is 2. The fraction of sp³-hybridized carbons (Fsp3) is 0.294. The minimum absolute atomic E-state index is 0.112. The number of hydrogen-bond acceptors (Lipinski definition) is 4. The normalized spacial score (nSPS) is 17.0. The second-order valence-corrected chi connectivity index (χ2v) is 7.42. The molecule has 1 aliphatic heterocycles. The van der Waals surface area contributed by atoms with E-state index in [-0.39, 0.29) is 10.8 Å². The van der Waals surface area contributed by atoms with Gasteiger partial charge < -0.3 is 9.47 Å². The lowest BCUT2D eigenvalue weighted by atomic mass is 9.91. The van der Waals surface area contributed by atoms with Crippen molar-refractivity contribution in [2.24, 2.45) is 11.1 Å².